The Balaban J connectivity index is 1.45. The van der Waals surface area contributed by atoms with Crippen LogP contribution in [-0.2, 0) is 6.54 Å². The normalized spacial score (nSPS) is 18.6. The molecule has 1 heterocycles. The highest BCUT2D eigenvalue weighted by molar-refractivity contribution is 5.74. The Morgan fingerprint density at radius 2 is 1.96 bits per heavy atom. The second-order valence-electron chi connectivity index (χ2n) is 6.73. The number of piperidine rings is 1. The Hall–Kier alpha value is -2.09. The van der Waals surface area contributed by atoms with E-state index in [-0.39, 0.29) is 30.1 Å². The number of benzene rings is 1. The summed E-state index contributed by atoms with van der Waals surface area (Å²) < 4.78 is 34.4. The molecule has 6 nitrogen and oxygen atoms in total. The molecule has 1 aromatic rings. The van der Waals surface area contributed by atoms with Gasteiger partial charge in [0.2, 0.25) is 0 Å². The quantitative estimate of drug-likeness (QED) is 0.776. The van der Waals surface area contributed by atoms with E-state index in [1.165, 1.54) is 26.0 Å². The molecule has 1 aliphatic carbocycles. The Morgan fingerprint density at radius 3 is 2.58 bits per heavy atom. The first kappa shape index (κ1) is 18.7. The number of halogens is 2. The van der Waals surface area contributed by atoms with Gasteiger partial charge in [0, 0.05) is 31.7 Å². The molecule has 1 aromatic carbocycles. The molecule has 2 fully saturated rings. The van der Waals surface area contributed by atoms with Crippen molar-refractivity contribution in [2.45, 2.75) is 50.9 Å². The Labute approximate surface area is 151 Å². The van der Waals surface area contributed by atoms with E-state index in [0.717, 1.165) is 32.0 Å². The molecule has 2 amide bonds. The van der Waals surface area contributed by atoms with E-state index < -0.39 is 6.61 Å². The lowest BCUT2D eigenvalue weighted by Crippen LogP contribution is -2.48. The number of amides is 2. The molecule has 0 spiro atoms. The summed E-state index contributed by atoms with van der Waals surface area (Å²) in [5, 5.41) is 5.75. The summed E-state index contributed by atoms with van der Waals surface area (Å²) in [7, 11) is 1.38. The molecule has 2 aliphatic rings. The molecule has 0 bridgehead atoms. The molecule has 1 aliphatic heterocycles. The number of urea groups is 1. The van der Waals surface area contributed by atoms with Crippen LogP contribution in [0.4, 0.5) is 13.6 Å². The Kier molecular flexibility index (Phi) is 6.13. The number of carbonyl (C=O) groups excluding carboxylic acids is 1. The molecular weight excluding hydrogens is 344 g/mol. The van der Waals surface area contributed by atoms with Gasteiger partial charge in [0.15, 0.2) is 11.5 Å². The van der Waals surface area contributed by atoms with Crippen LogP contribution in [0.5, 0.6) is 11.5 Å². The summed E-state index contributed by atoms with van der Waals surface area (Å²) in [6.45, 7) is -0.654. The fraction of sp³-hybridized carbons (Fsp3) is 0.611. The number of ether oxygens (including phenoxy) is 2. The number of likely N-dealkylation sites (tertiary alicyclic amines) is 1. The fourth-order valence-corrected chi connectivity index (χ4v) is 3.29. The number of nitrogens with one attached hydrogen (secondary N) is 2. The van der Waals surface area contributed by atoms with Gasteiger partial charge in [-0.15, -0.1) is 0 Å². The third-order valence-electron chi connectivity index (χ3n) is 4.83. The van der Waals surface area contributed by atoms with E-state index >= 15 is 0 Å². The third kappa shape index (κ3) is 5.20. The maximum atomic E-state index is 12.5. The van der Waals surface area contributed by atoms with Crippen molar-refractivity contribution < 1.29 is 23.0 Å². The van der Waals surface area contributed by atoms with Gasteiger partial charge in [-0.3, -0.25) is 0 Å². The molecule has 1 saturated heterocycles. The summed E-state index contributed by atoms with van der Waals surface area (Å²) in [5.41, 5.74) is 0.653. The van der Waals surface area contributed by atoms with E-state index in [4.69, 9.17) is 4.74 Å². The largest absolute Gasteiger partial charge is 0.493 e. The van der Waals surface area contributed by atoms with Crippen molar-refractivity contribution in [3.05, 3.63) is 23.8 Å². The zero-order chi connectivity index (χ0) is 18.5. The number of alkyl halides is 2. The molecule has 3 rings (SSSR count). The van der Waals surface area contributed by atoms with Gasteiger partial charge in [0.1, 0.15) is 0 Å². The Bertz CT molecular complexity index is 618. The zero-order valence-corrected chi connectivity index (χ0v) is 14.8. The summed E-state index contributed by atoms with van der Waals surface area (Å²) in [6, 6.07) is 5.38. The predicted molar refractivity (Wildman–Crippen MR) is 92.6 cm³/mol. The third-order valence-corrected chi connectivity index (χ3v) is 4.83. The second-order valence-corrected chi connectivity index (χ2v) is 6.73. The number of rotatable bonds is 7. The minimum Gasteiger partial charge on any atom is -0.493 e. The van der Waals surface area contributed by atoms with E-state index in [0.29, 0.717) is 5.56 Å². The molecule has 144 valence electrons. The van der Waals surface area contributed by atoms with Crippen LogP contribution in [0.25, 0.3) is 0 Å². The van der Waals surface area contributed by atoms with E-state index in [1.807, 2.05) is 0 Å². The SMILES string of the molecule is COc1ccc(CNC(=O)NC2CCN(C3CC3)CC2)cc1OC(F)F. The van der Waals surface area contributed by atoms with Crippen molar-refractivity contribution in [2.24, 2.45) is 0 Å². The molecule has 0 atom stereocenters. The Morgan fingerprint density at radius 1 is 1.23 bits per heavy atom. The van der Waals surface area contributed by atoms with Crippen molar-refractivity contribution in [1.29, 1.82) is 0 Å². The second kappa shape index (κ2) is 8.53. The highest BCUT2D eigenvalue weighted by atomic mass is 19.3. The van der Waals surface area contributed by atoms with Gasteiger partial charge in [-0.2, -0.15) is 8.78 Å². The van der Waals surface area contributed by atoms with E-state index in [2.05, 4.69) is 20.3 Å². The van der Waals surface area contributed by atoms with Crippen LogP contribution < -0.4 is 20.1 Å². The number of carbonyl (C=O) groups is 1. The fourth-order valence-electron chi connectivity index (χ4n) is 3.29. The minimum absolute atomic E-state index is 0.0466. The highest BCUT2D eigenvalue weighted by Crippen LogP contribution is 2.30. The number of hydrogen-bond acceptors (Lipinski definition) is 4. The van der Waals surface area contributed by atoms with Crippen LogP contribution in [-0.4, -0.2) is 49.8 Å². The van der Waals surface area contributed by atoms with Crippen LogP contribution in [0, 0.1) is 0 Å². The summed E-state index contributed by atoms with van der Waals surface area (Å²) in [4.78, 5) is 14.6. The molecule has 0 radical (unpaired) electrons. The van der Waals surface area contributed by atoms with Gasteiger partial charge >= 0.3 is 12.6 Å². The topological polar surface area (TPSA) is 62.8 Å². The minimum atomic E-state index is -2.93. The van der Waals surface area contributed by atoms with Crippen molar-refractivity contribution in [2.75, 3.05) is 20.2 Å². The van der Waals surface area contributed by atoms with Crippen molar-refractivity contribution in [3.8, 4) is 11.5 Å². The van der Waals surface area contributed by atoms with Crippen LogP contribution in [0.15, 0.2) is 18.2 Å². The van der Waals surface area contributed by atoms with Crippen LogP contribution in [0.1, 0.15) is 31.2 Å². The van der Waals surface area contributed by atoms with Gasteiger partial charge in [-0.05, 0) is 43.4 Å². The maximum Gasteiger partial charge on any atom is 0.387 e. The smallest absolute Gasteiger partial charge is 0.387 e. The van der Waals surface area contributed by atoms with Gasteiger partial charge in [-0.1, -0.05) is 6.07 Å². The number of hydrogen-bond donors (Lipinski definition) is 2. The number of nitrogens with zero attached hydrogens (tertiary/aromatic N) is 1. The average Bonchev–Trinajstić information content (AvgIpc) is 3.45. The summed E-state index contributed by atoms with van der Waals surface area (Å²) in [6.07, 6.45) is 4.52. The first-order chi connectivity index (χ1) is 12.5. The molecule has 26 heavy (non-hydrogen) atoms. The lowest BCUT2D eigenvalue weighted by molar-refractivity contribution is -0.0512. The van der Waals surface area contributed by atoms with E-state index in [1.54, 1.807) is 12.1 Å². The van der Waals surface area contributed by atoms with Crippen LogP contribution >= 0.6 is 0 Å². The molecule has 2 N–H and O–H groups in total. The molecule has 0 aromatic heterocycles. The molecule has 8 heteroatoms. The monoisotopic (exact) mass is 369 g/mol. The number of methoxy groups -OCH3 is 1. The van der Waals surface area contributed by atoms with Crippen molar-refractivity contribution in [3.63, 3.8) is 0 Å². The first-order valence-corrected chi connectivity index (χ1v) is 8.95. The molecule has 0 unspecified atom stereocenters. The zero-order valence-electron chi connectivity index (χ0n) is 14.8. The maximum absolute atomic E-state index is 12.5. The highest BCUT2D eigenvalue weighted by Gasteiger charge is 2.32. The van der Waals surface area contributed by atoms with Gasteiger partial charge in [0.05, 0.1) is 7.11 Å². The molecule has 1 saturated carbocycles. The lowest BCUT2D eigenvalue weighted by Gasteiger charge is -2.32. The van der Waals surface area contributed by atoms with Gasteiger partial charge in [0.25, 0.3) is 0 Å². The van der Waals surface area contributed by atoms with Crippen LogP contribution in [0.2, 0.25) is 0 Å². The van der Waals surface area contributed by atoms with Crippen molar-refractivity contribution in [1.82, 2.24) is 15.5 Å². The van der Waals surface area contributed by atoms with E-state index in [9.17, 15) is 13.6 Å². The molecular formula is C18H25F2N3O3. The first-order valence-electron chi connectivity index (χ1n) is 8.95. The van der Waals surface area contributed by atoms with Crippen LogP contribution in [0.3, 0.4) is 0 Å². The predicted octanol–water partition coefficient (Wildman–Crippen LogP) is 2.72. The average molecular weight is 369 g/mol. The summed E-state index contributed by atoms with van der Waals surface area (Å²) in [5.74, 6) is 0.176. The standard InChI is InChI=1S/C18H25F2N3O3/c1-25-15-5-2-12(10-16(15)26-17(19)20)11-21-18(24)22-13-6-8-23(9-7-13)14-3-4-14/h2,5,10,13-14,17H,3-4,6-9,11H2,1H3,(H2,21,22,24). The van der Waals surface area contributed by atoms with Crippen molar-refractivity contribution >= 4 is 6.03 Å². The summed E-state index contributed by atoms with van der Waals surface area (Å²) >= 11 is 0. The lowest BCUT2D eigenvalue weighted by atomic mass is 10.1. The van der Waals surface area contributed by atoms with Gasteiger partial charge in [-0.25, -0.2) is 4.79 Å². The van der Waals surface area contributed by atoms with Gasteiger partial charge < -0.3 is 25.0 Å².